The molecule has 0 bridgehead atoms. The maximum absolute atomic E-state index is 11.2. The SMILES string of the molecule is COc1ccc2c(c1)CCC(I)=C2NC(C)=O. The number of benzene rings is 1. The number of hydrogen-bond donors (Lipinski definition) is 1. The molecule has 0 saturated carbocycles. The number of methoxy groups -OCH3 is 1. The van der Waals surface area contributed by atoms with E-state index in [1.165, 1.54) is 16.1 Å². The monoisotopic (exact) mass is 343 g/mol. The first-order valence-corrected chi connectivity index (χ1v) is 6.53. The summed E-state index contributed by atoms with van der Waals surface area (Å²) in [6.07, 6.45) is 1.96. The van der Waals surface area contributed by atoms with E-state index in [0.717, 1.165) is 29.9 Å². The second-order valence-corrected chi connectivity index (χ2v) is 5.29. The summed E-state index contributed by atoms with van der Waals surface area (Å²) in [7, 11) is 1.67. The van der Waals surface area contributed by atoms with Crippen molar-refractivity contribution in [1.82, 2.24) is 5.32 Å². The van der Waals surface area contributed by atoms with Crippen LogP contribution < -0.4 is 10.1 Å². The van der Waals surface area contributed by atoms with Crippen LogP contribution in [-0.2, 0) is 11.2 Å². The first-order valence-electron chi connectivity index (χ1n) is 5.45. The molecular weight excluding hydrogens is 329 g/mol. The summed E-state index contributed by atoms with van der Waals surface area (Å²) in [5.74, 6) is 0.834. The smallest absolute Gasteiger partial charge is 0.221 e. The van der Waals surface area contributed by atoms with Crippen LogP contribution in [0.1, 0.15) is 24.5 Å². The van der Waals surface area contributed by atoms with Gasteiger partial charge in [-0.15, -0.1) is 0 Å². The first-order chi connectivity index (χ1) is 8.11. The molecule has 0 aromatic heterocycles. The molecule has 1 N–H and O–H groups in total. The Balaban J connectivity index is 2.44. The summed E-state index contributed by atoms with van der Waals surface area (Å²) in [6.45, 7) is 1.54. The van der Waals surface area contributed by atoms with Gasteiger partial charge in [-0.1, -0.05) is 0 Å². The molecular formula is C13H14INO2. The Kier molecular flexibility index (Phi) is 3.71. The van der Waals surface area contributed by atoms with Gasteiger partial charge >= 0.3 is 0 Å². The van der Waals surface area contributed by atoms with E-state index < -0.39 is 0 Å². The predicted molar refractivity (Wildman–Crippen MR) is 76.1 cm³/mol. The number of rotatable bonds is 2. The van der Waals surface area contributed by atoms with E-state index >= 15 is 0 Å². The fraction of sp³-hybridized carbons (Fsp3) is 0.308. The molecule has 17 heavy (non-hydrogen) atoms. The topological polar surface area (TPSA) is 38.3 Å². The van der Waals surface area contributed by atoms with Crippen LogP contribution in [0.4, 0.5) is 0 Å². The van der Waals surface area contributed by atoms with Gasteiger partial charge in [-0.25, -0.2) is 0 Å². The third-order valence-corrected chi connectivity index (χ3v) is 3.85. The molecule has 4 heteroatoms. The number of hydrogen-bond acceptors (Lipinski definition) is 2. The molecule has 0 fully saturated rings. The number of amides is 1. The summed E-state index contributed by atoms with van der Waals surface area (Å²) in [4.78, 5) is 11.2. The molecule has 0 radical (unpaired) electrons. The Morgan fingerprint density at radius 3 is 2.82 bits per heavy atom. The third kappa shape index (κ3) is 2.62. The number of aryl methyl sites for hydroxylation is 1. The maximum Gasteiger partial charge on any atom is 0.221 e. The lowest BCUT2D eigenvalue weighted by Gasteiger charge is -2.21. The number of nitrogens with one attached hydrogen (secondary N) is 1. The van der Waals surface area contributed by atoms with Crippen molar-refractivity contribution in [2.75, 3.05) is 7.11 Å². The van der Waals surface area contributed by atoms with Crippen molar-refractivity contribution in [3.63, 3.8) is 0 Å². The summed E-state index contributed by atoms with van der Waals surface area (Å²) in [6, 6.07) is 5.98. The quantitative estimate of drug-likeness (QED) is 0.839. The number of ether oxygens (including phenoxy) is 1. The fourth-order valence-electron chi connectivity index (χ4n) is 1.97. The highest BCUT2D eigenvalue weighted by atomic mass is 127. The molecule has 90 valence electrons. The molecule has 0 atom stereocenters. The van der Waals surface area contributed by atoms with Crippen LogP contribution in [-0.4, -0.2) is 13.0 Å². The van der Waals surface area contributed by atoms with Gasteiger partial charge in [-0.2, -0.15) is 0 Å². The molecule has 3 nitrogen and oxygen atoms in total. The van der Waals surface area contributed by atoms with Gasteiger partial charge in [-0.3, -0.25) is 4.79 Å². The third-order valence-electron chi connectivity index (χ3n) is 2.77. The van der Waals surface area contributed by atoms with Crippen molar-refractivity contribution in [2.24, 2.45) is 0 Å². The van der Waals surface area contributed by atoms with Gasteiger partial charge in [0.2, 0.25) is 5.91 Å². The molecule has 1 aromatic rings. The van der Waals surface area contributed by atoms with Crippen LogP contribution in [0.15, 0.2) is 21.8 Å². The van der Waals surface area contributed by atoms with Crippen molar-refractivity contribution in [3.8, 4) is 5.75 Å². The second kappa shape index (κ2) is 5.08. The zero-order chi connectivity index (χ0) is 12.4. The minimum atomic E-state index is -0.0298. The summed E-state index contributed by atoms with van der Waals surface area (Å²) < 4.78 is 6.42. The molecule has 0 unspecified atom stereocenters. The second-order valence-electron chi connectivity index (χ2n) is 3.98. The molecule has 0 saturated heterocycles. The number of fused-ring (bicyclic) bond motifs is 1. The molecule has 1 amide bonds. The van der Waals surface area contributed by atoms with Crippen molar-refractivity contribution in [2.45, 2.75) is 19.8 Å². The number of carbonyl (C=O) groups excluding carboxylic acids is 1. The molecule has 1 aliphatic carbocycles. The van der Waals surface area contributed by atoms with Crippen LogP contribution in [0, 0.1) is 0 Å². The van der Waals surface area contributed by atoms with E-state index in [-0.39, 0.29) is 5.91 Å². The summed E-state index contributed by atoms with van der Waals surface area (Å²) in [5, 5.41) is 2.92. The van der Waals surface area contributed by atoms with Gasteiger partial charge in [0.15, 0.2) is 0 Å². The van der Waals surface area contributed by atoms with E-state index in [1.54, 1.807) is 7.11 Å². The first kappa shape index (κ1) is 12.4. The number of carbonyl (C=O) groups is 1. The highest BCUT2D eigenvalue weighted by Gasteiger charge is 2.18. The largest absolute Gasteiger partial charge is 0.497 e. The average Bonchev–Trinajstić information content (AvgIpc) is 2.32. The Hall–Kier alpha value is -1.04. The van der Waals surface area contributed by atoms with Crippen LogP contribution in [0.2, 0.25) is 0 Å². The molecule has 0 spiro atoms. The fourth-order valence-corrected chi connectivity index (χ4v) is 2.67. The van der Waals surface area contributed by atoms with Crippen LogP contribution >= 0.6 is 22.6 Å². The van der Waals surface area contributed by atoms with Gasteiger partial charge < -0.3 is 10.1 Å². The van der Waals surface area contributed by atoms with E-state index in [0.29, 0.717) is 0 Å². The van der Waals surface area contributed by atoms with Gasteiger partial charge in [0.25, 0.3) is 0 Å². The highest BCUT2D eigenvalue weighted by Crippen LogP contribution is 2.34. The molecule has 0 heterocycles. The van der Waals surface area contributed by atoms with Gasteiger partial charge in [0.1, 0.15) is 5.75 Å². The maximum atomic E-state index is 11.2. The van der Waals surface area contributed by atoms with Crippen LogP contribution in [0.3, 0.4) is 0 Å². The van der Waals surface area contributed by atoms with Crippen molar-refractivity contribution in [1.29, 1.82) is 0 Å². The summed E-state index contributed by atoms with van der Waals surface area (Å²) >= 11 is 2.30. The van der Waals surface area contributed by atoms with Crippen LogP contribution in [0.25, 0.3) is 5.70 Å². The van der Waals surface area contributed by atoms with E-state index in [2.05, 4.69) is 27.9 Å². The Morgan fingerprint density at radius 1 is 1.41 bits per heavy atom. The minimum absolute atomic E-state index is 0.0298. The lowest BCUT2D eigenvalue weighted by atomic mass is 9.94. The van der Waals surface area contributed by atoms with E-state index in [9.17, 15) is 4.79 Å². The van der Waals surface area contributed by atoms with E-state index in [1.807, 2.05) is 18.2 Å². The standard InChI is InChI=1S/C13H14INO2/c1-8(16)15-13-11-5-4-10(17-2)7-9(11)3-6-12(13)14/h4-5,7H,3,6H2,1-2H3,(H,15,16). The van der Waals surface area contributed by atoms with Crippen molar-refractivity contribution in [3.05, 3.63) is 32.9 Å². The lowest BCUT2D eigenvalue weighted by Crippen LogP contribution is -2.21. The zero-order valence-corrected chi connectivity index (χ0v) is 12.0. The average molecular weight is 343 g/mol. The number of allylic oxidation sites excluding steroid dienone is 1. The number of halogens is 1. The van der Waals surface area contributed by atoms with Crippen molar-refractivity contribution >= 4 is 34.2 Å². The van der Waals surface area contributed by atoms with Gasteiger partial charge in [-0.05, 0) is 59.2 Å². The minimum Gasteiger partial charge on any atom is -0.497 e. The predicted octanol–water partition coefficient (Wildman–Crippen LogP) is 2.88. The van der Waals surface area contributed by atoms with Crippen molar-refractivity contribution < 1.29 is 9.53 Å². The Bertz CT molecular complexity index is 494. The molecule has 2 rings (SSSR count). The lowest BCUT2D eigenvalue weighted by molar-refractivity contribution is -0.117. The molecule has 1 aliphatic rings. The van der Waals surface area contributed by atoms with Gasteiger partial charge in [0, 0.05) is 16.1 Å². The van der Waals surface area contributed by atoms with Crippen LogP contribution in [0.5, 0.6) is 5.75 Å². The Labute approximate surface area is 114 Å². The molecule has 0 aliphatic heterocycles. The van der Waals surface area contributed by atoms with E-state index in [4.69, 9.17) is 4.74 Å². The van der Waals surface area contributed by atoms with Gasteiger partial charge in [0.05, 0.1) is 12.8 Å². The molecule has 1 aromatic carbocycles. The summed E-state index contributed by atoms with van der Waals surface area (Å²) in [5.41, 5.74) is 3.28. The highest BCUT2D eigenvalue weighted by molar-refractivity contribution is 14.1. The normalized spacial score (nSPS) is 14.3. The zero-order valence-electron chi connectivity index (χ0n) is 9.84. The Morgan fingerprint density at radius 2 is 2.18 bits per heavy atom.